The van der Waals surface area contributed by atoms with E-state index in [1.54, 1.807) is 36.7 Å². The van der Waals surface area contributed by atoms with E-state index in [0.717, 1.165) is 5.69 Å². The molecule has 0 radical (unpaired) electrons. The van der Waals surface area contributed by atoms with Crippen LogP contribution in [0.5, 0.6) is 0 Å². The first-order chi connectivity index (χ1) is 9.79. The maximum Gasteiger partial charge on any atom is 0.330 e. The van der Waals surface area contributed by atoms with E-state index in [-0.39, 0.29) is 17.0 Å². The lowest BCUT2D eigenvalue weighted by Gasteiger charge is -2.25. The number of amides is 1. The Morgan fingerprint density at radius 1 is 1.29 bits per heavy atom. The summed E-state index contributed by atoms with van der Waals surface area (Å²) in [6.07, 6.45) is 3.21. The third-order valence-corrected chi connectivity index (χ3v) is 3.28. The molecule has 0 bridgehead atoms. The number of hydrogen-bond acceptors (Lipinski definition) is 3. The van der Waals surface area contributed by atoms with Crippen LogP contribution in [0.15, 0.2) is 41.5 Å². The fraction of sp³-hybridized carbons (Fsp3) is 0.333. The molecule has 21 heavy (non-hydrogen) atoms. The molecule has 0 aliphatic heterocycles. The van der Waals surface area contributed by atoms with Crippen LogP contribution in [-0.4, -0.2) is 21.5 Å². The summed E-state index contributed by atoms with van der Waals surface area (Å²) in [6.45, 7) is 5.75. The molecule has 2 rings (SSSR count). The van der Waals surface area contributed by atoms with Gasteiger partial charge in [0.2, 0.25) is 5.91 Å². The summed E-state index contributed by atoms with van der Waals surface area (Å²) in [7, 11) is 0. The van der Waals surface area contributed by atoms with Crippen LogP contribution in [0.3, 0.4) is 0 Å². The molecule has 4 N–H and O–H groups in total. The van der Waals surface area contributed by atoms with Gasteiger partial charge in [0.15, 0.2) is 0 Å². The lowest BCUT2D eigenvalue weighted by molar-refractivity contribution is -0.119. The Hall–Kier alpha value is -2.34. The highest BCUT2D eigenvalue weighted by Crippen LogP contribution is 2.19. The topological polar surface area (TPSA) is 92.9 Å². The molecule has 0 aliphatic carbocycles. The fourth-order valence-corrected chi connectivity index (χ4v) is 1.84. The lowest BCUT2D eigenvalue weighted by atomic mass is 9.87. The van der Waals surface area contributed by atoms with Gasteiger partial charge >= 0.3 is 5.69 Å². The summed E-state index contributed by atoms with van der Waals surface area (Å²) in [5, 5.41) is 2.78. The second-order valence-corrected chi connectivity index (χ2v) is 6.02. The van der Waals surface area contributed by atoms with E-state index >= 15 is 0 Å². The predicted molar refractivity (Wildman–Crippen MR) is 82.4 cm³/mol. The highest BCUT2D eigenvalue weighted by molar-refractivity contribution is 5.95. The third kappa shape index (κ3) is 3.41. The number of carbonyl (C=O) groups excluding carboxylic acids is 1. The van der Waals surface area contributed by atoms with E-state index in [1.165, 1.54) is 4.57 Å². The second-order valence-electron chi connectivity index (χ2n) is 6.02. The van der Waals surface area contributed by atoms with E-state index in [1.807, 2.05) is 20.8 Å². The zero-order chi connectivity index (χ0) is 15.6. The molecule has 2 aromatic rings. The van der Waals surface area contributed by atoms with Crippen LogP contribution in [0, 0.1) is 5.41 Å². The molecule has 1 amide bonds. The van der Waals surface area contributed by atoms with E-state index in [4.69, 9.17) is 5.73 Å². The number of carbonyl (C=O) groups is 1. The Morgan fingerprint density at radius 2 is 1.90 bits per heavy atom. The molecule has 0 fully saturated rings. The van der Waals surface area contributed by atoms with Crippen LogP contribution in [0.25, 0.3) is 5.69 Å². The van der Waals surface area contributed by atoms with Crippen molar-refractivity contribution in [3.8, 4) is 5.69 Å². The molecule has 112 valence electrons. The molecule has 1 atom stereocenters. The summed E-state index contributed by atoms with van der Waals surface area (Å²) >= 11 is 0. The van der Waals surface area contributed by atoms with Crippen molar-refractivity contribution in [1.82, 2.24) is 9.55 Å². The summed E-state index contributed by atoms with van der Waals surface area (Å²) in [4.78, 5) is 26.1. The molecule has 6 nitrogen and oxygen atoms in total. The minimum Gasteiger partial charge on any atom is -0.325 e. The van der Waals surface area contributed by atoms with Gasteiger partial charge in [0.25, 0.3) is 0 Å². The number of anilines is 1. The Kier molecular flexibility index (Phi) is 3.99. The lowest BCUT2D eigenvalue weighted by Crippen LogP contribution is -2.45. The van der Waals surface area contributed by atoms with Crippen molar-refractivity contribution in [2.45, 2.75) is 26.8 Å². The molecule has 0 spiro atoms. The number of H-pyrrole nitrogens is 1. The molecular weight excluding hydrogens is 268 g/mol. The van der Waals surface area contributed by atoms with Gasteiger partial charge in [-0.15, -0.1) is 0 Å². The standard InChI is InChI=1S/C15H20N4O2/c1-15(2,3)12(16)13(20)18-10-4-6-11(7-5-10)19-9-8-17-14(19)21/h4-9,12H,16H2,1-3H3,(H,17,21)(H,18,20). The molecule has 0 aliphatic rings. The van der Waals surface area contributed by atoms with E-state index in [9.17, 15) is 9.59 Å². The van der Waals surface area contributed by atoms with E-state index in [0.29, 0.717) is 5.69 Å². The molecule has 1 unspecified atom stereocenters. The summed E-state index contributed by atoms with van der Waals surface area (Å²) in [6, 6.07) is 6.40. The van der Waals surface area contributed by atoms with Gasteiger partial charge in [-0.1, -0.05) is 20.8 Å². The summed E-state index contributed by atoms with van der Waals surface area (Å²) < 4.78 is 1.48. The number of nitrogens with one attached hydrogen (secondary N) is 2. The Labute approximate surface area is 123 Å². The van der Waals surface area contributed by atoms with Crippen molar-refractivity contribution in [3.63, 3.8) is 0 Å². The average Bonchev–Trinajstić information content (AvgIpc) is 2.84. The van der Waals surface area contributed by atoms with Gasteiger partial charge in [-0.3, -0.25) is 9.36 Å². The maximum absolute atomic E-state index is 12.0. The van der Waals surface area contributed by atoms with Crippen LogP contribution in [0.1, 0.15) is 20.8 Å². The van der Waals surface area contributed by atoms with E-state index in [2.05, 4.69) is 10.3 Å². The highest BCUT2D eigenvalue weighted by atomic mass is 16.2. The second kappa shape index (κ2) is 5.57. The quantitative estimate of drug-likeness (QED) is 0.798. The van der Waals surface area contributed by atoms with Crippen LogP contribution in [-0.2, 0) is 4.79 Å². The molecule has 1 aromatic carbocycles. The Bertz CT molecular complexity index is 677. The molecule has 0 saturated carbocycles. The molecule has 6 heteroatoms. The maximum atomic E-state index is 12.0. The minimum absolute atomic E-state index is 0.207. The Morgan fingerprint density at radius 3 is 2.38 bits per heavy atom. The van der Waals surface area contributed by atoms with Gasteiger partial charge < -0.3 is 16.0 Å². The SMILES string of the molecule is CC(C)(C)C(N)C(=O)Nc1ccc(-n2cc[nH]c2=O)cc1. The summed E-state index contributed by atoms with van der Waals surface area (Å²) in [5.74, 6) is -0.228. The van der Waals surface area contributed by atoms with Gasteiger partial charge in [-0.25, -0.2) is 4.79 Å². The number of rotatable bonds is 3. The van der Waals surface area contributed by atoms with Crippen LogP contribution < -0.4 is 16.7 Å². The van der Waals surface area contributed by atoms with Crippen molar-refractivity contribution in [3.05, 3.63) is 47.1 Å². The van der Waals surface area contributed by atoms with Crippen molar-refractivity contribution in [1.29, 1.82) is 0 Å². The number of nitrogens with zero attached hydrogens (tertiary/aromatic N) is 1. The average molecular weight is 288 g/mol. The molecular formula is C15H20N4O2. The molecule has 1 aromatic heterocycles. The van der Waals surface area contributed by atoms with Gasteiger partial charge in [0.1, 0.15) is 0 Å². The first-order valence-corrected chi connectivity index (χ1v) is 6.72. The smallest absolute Gasteiger partial charge is 0.325 e. The van der Waals surface area contributed by atoms with Crippen LogP contribution >= 0.6 is 0 Å². The fourth-order valence-electron chi connectivity index (χ4n) is 1.84. The Balaban J connectivity index is 2.12. The van der Waals surface area contributed by atoms with Gasteiger partial charge in [-0.2, -0.15) is 0 Å². The number of nitrogens with two attached hydrogens (primary N) is 1. The molecule has 0 saturated heterocycles. The minimum atomic E-state index is -0.593. The van der Waals surface area contributed by atoms with Gasteiger partial charge in [-0.05, 0) is 29.7 Å². The van der Waals surface area contributed by atoms with Crippen LogP contribution in [0.4, 0.5) is 5.69 Å². The first kappa shape index (κ1) is 15.1. The number of benzene rings is 1. The highest BCUT2D eigenvalue weighted by Gasteiger charge is 2.27. The van der Waals surface area contributed by atoms with Crippen molar-refractivity contribution in [2.24, 2.45) is 11.1 Å². The first-order valence-electron chi connectivity index (χ1n) is 6.72. The number of aromatic amines is 1. The zero-order valence-electron chi connectivity index (χ0n) is 12.4. The number of hydrogen-bond donors (Lipinski definition) is 3. The summed E-state index contributed by atoms with van der Waals surface area (Å²) in [5.41, 5.74) is 6.76. The monoisotopic (exact) mass is 288 g/mol. The number of aromatic nitrogens is 2. The van der Waals surface area contributed by atoms with Crippen molar-refractivity contribution >= 4 is 11.6 Å². The third-order valence-electron chi connectivity index (χ3n) is 3.28. The normalized spacial score (nSPS) is 13.0. The molecule has 1 heterocycles. The predicted octanol–water partition coefficient (Wildman–Crippen LogP) is 1.48. The van der Waals surface area contributed by atoms with Crippen LogP contribution in [0.2, 0.25) is 0 Å². The largest absolute Gasteiger partial charge is 0.330 e. The van der Waals surface area contributed by atoms with E-state index < -0.39 is 6.04 Å². The van der Waals surface area contributed by atoms with Gasteiger partial charge in [0, 0.05) is 18.1 Å². The van der Waals surface area contributed by atoms with Crippen molar-refractivity contribution in [2.75, 3.05) is 5.32 Å². The zero-order valence-corrected chi connectivity index (χ0v) is 12.4. The van der Waals surface area contributed by atoms with Gasteiger partial charge in [0.05, 0.1) is 11.7 Å². The number of imidazole rings is 1. The van der Waals surface area contributed by atoms with Crippen molar-refractivity contribution < 1.29 is 4.79 Å².